The molecular formula is C10H10ClNO3S. The summed E-state index contributed by atoms with van der Waals surface area (Å²) in [6.07, 6.45) is 1.88. The number of alkyl halides is 1. The Kier molecular flexibility index (Phi) is 4.76. The third-order valence-electron chi connectivity index (χ3n) is 2.02. The SMILES string of the molecule is CSc1ccc([N+](=O)[O-])c(CC(=O)CCl)c1. The Labute approximate surface area is 102 Å². The molecule has 6 heteroatoms. The minimum Gasteiger partial charge on any atom is -0.298 e. The molecule has 16 heavy (non-hydrogen) atoms. The molecule has 0 saturated carbocycles. The number of thioether (sulfide) groups is 1. The molecule has 0 aromatic heterocycles. The third kappa shape index (κ3) is 3.21. The Hall–Kier alpha value is -1.07. The van der Waals surface area contributed by atoms with Crippen LogP contribution in [0, 0.1) is 10.1 Å². The van der Waals surface area contributed by atoms with Gasteiger partial charge in [-0.25, -0.2) is 0 Å². The summed E-state index contributed by atoms with van der Waals surface area (Å²) in [5, 5.41) is 10.7. The minimum atomic E-state index is -0.485. The first kappa shape index (κ1) is 13.0. The first-order chi connectivity index (χ1) is 7.58. The van der Waals surface area contributed by atoms with Crippen LogP contribution in [0.3, 0.4) is 0 Å². The minimum absolute atomic E-state index is 0.00815. The van der Waals surface area contributed by atoms with Crippen LogP contribution < -0.4 is 0 Å². The zero-order valence-corrected chi connectivity index (χ0v) is 10.2. The van der Waals surface area contributed by atoms with Crippen molar-refractivity contribution >= 4 is 34.8 Å². The van der Waals surface area contributed by atoms with Crippen LogP contribution >= 0.6 is 23.4 Å². The Balaban J connectivity index is 3.10. The van der Waals surface area contributed by atoms with Crippen molar-refractivity contribution in [2.75, 3.05) is 12.1 Å². The molecule has 0 spiro atoms. The number of ketones is 1. The number of nitro groups is 1. The van der Waals surface area contributed by atoms with E-state index < -0.39 is 4.92 Å². The fourth-order valence-corrected chi connectivity index (χ4v) is 1.83. The molecule has 0 amide bonds. The Morgan fingerprint density at radius 1 is 1.56 bits per heavy atom. The van der Waals surface area contributed by atoms with Crippen LogP contribution in [-0.4, -0.2) is 22.8 Å². The lowest BCUT2D eigenvalue weighted by molar-refractivity contribution is -0.385. The largest absolute Gasteiger partial charge is 0.298 e. The van der Waals surface area contributed by atoms with E-state index in [9.17, 15) is 14.9 Å². The van der Waals surface area contributed by atoms with Crippen LogP contribution in [0.4, 0.5) is 5.69 Å². The van der Waals surface area contributed by atoms with Crippen molar-refractivity contribution < 1.29 is 9.72 Å². The maximum Gasteiger partial charge on any atom is 0.273 e. The highest BCUT2D eigenvalue weighted by Gasteiger charge is 2.16. The molecule has 0 heterocycles. The van der Waals surface area contributed by atoms with Crippen LogP contribution in [-0.2, 0) is 11.2 Å². The van der Waals surface area contributed by atoms with E-state index in [-0.39, 0.29) is 23.8 Å². The van der Waals surface area contributed by atoms with Gasteiger partial charge in [-0.15, -0.1) is 23.4 Å². The van der Waals surface area contributed by atoms with Crippen LogP contribution in [0.25, 0.3) is 0 Å². The molecule has 0 saturated heterocycles. The van der Waals surface area contributed by atoms with E-state index in [2.05, 4.69) is 0 Å². The van der Waals surface area contributed by atoms with Crippen molar-refractivity contribution in [3.05, 3.63) is 33.9 Å². The van der Waals surface area contributed by atoms with E-state index in [0.717, 1.165) is 4.90 Å². The summed E-state index contributed by atoms with van der Waals surface area (Å²) in [6, 6.07) is 4.74. The maximum atomic E-state index is 11.2. The molecule has 0 aliphatic carbocycles. The second kappa shape index (κ2) is 5.86. The Bertz CT molecular complexity index is 423. The first-order valence-electron chi connectivity index (χ1n) is 4.47. The van der Waals surface area contributed by atoms with E-state index in [1.165, 1.54) is 17.8 Å². The summed E-state index contributed by atoms with van der Waals surface area (Å²) in [7, 11) is 0. The van der Waals surface area contributed by atoms with E-state index in [1.807, 2.05) is 6.26 Å². The molecule has 0 bridgehead atoms. The van der Waals surface area contributed by atoms with Crippen molar-refractivity contribution in [2.24, 2.45) is 0 Å². The number of hydrogen-bond acceptors (Lipinski definition) is 4. The topological polar surface area (TPSA) is 60.2 Å². The third-order valence-corrected chi connectivity index (χ3v) is 3.04. The molecular weight excluding hydrogens is 250 g/mol. The van der Waals surface area contributed by atoms with Gasteiger partial charge in [0.25, 0.3) is 5.69 Å². The van der Waals surface area contributed by atoms with E-state index >= 15 is 0 Å². The fourth-order valence-electron chi connectivity index (χ4n) is 1.27. The summed E-state index contributed by atoms with van der Waals surface area (Å²) >= 11 is 6.85. The van der Waals surface area contributed by atoms with Gasteiger partial charge in [0.1, 0.15) is 0 Å². The van der Waals surface area contributed by atoms with Crippen molar-refractivity contribution in [1.82, 2.24) is 0 Å². The molecule has 0 aliphatic heterocycles. The number of carbonyl (C=O) groups excluding carboxylic acids is 1. The summed E-state index contributed by atoms with van der Waals surface area (Å²) in [6.45, 7) is 0. The zero-order chi connectivity index (χ0) is 12.1. The predicted octanol–water partition coefficient (Wildman–Crippen LogP) is 2.67. The van der Waals surface area contributed by atoms with Crippen LogP contribution in [0.15, 0.2) is 23.1 Å². The van der Waals surface area contributed by atoms with E-state index in [0.29, 0.717) is 5.56 Å². The highest BCUT2D eigenvalue weighted by atomic mass is 35.5. The van der Waals surface area contributed by atoms with Crippen LogP contribution in [0.2, 0.25) is 0 Å². The summed E-state index contributed by atoms with van der Waals surface area (Å²) in [5.74, 6) is -0.344. The summed E-state index contributed by atoms with van der Waals surface area (Å²) in [4.78, 5) is 22.3. The normalized spacial score (nSPS) is 10.1. The number of halogens is 1. The molecule has 86 valence electrons. The van der Waals surface area contributed by atoms with Gasteiger partial charge in [-0.2, -0.15) is 0 Å². The molecule has 0 unspecified atom stereocenters. The van der Waals surface area contributed by atoms with Crippen molar-refractivity contribution in [3.63, 3.8) is 0 Å². The monoisotopic (exact) mass is 259 g/mol. The van der Waals surface area contributed by atoms with Crippen LogP contribution in [0.5, 0.6) is 0 Å². The first-order valence-corrected chi connectivity index (χ1v) is 6.23. The highest BCUT2D eigenvalue weighted by molar-refractivity contribution is 7.98. The second-order valence-corrected chi connectivity index (χ2v) is 4.25. The Morgan fingerprint density at radius 3 is 2.75 bits per heavy atom. The number of Topliss-reactive ketones (excluding diaryl/α,β-unsaturated/α-hetero) is 1. The molecule has 4 nitrogen and oxygen atoms in total. The predicted molar refractivity (Wildman–Crippen MR) is 64.3 cm³/mol. The molecule has 1 rings (SSSR count). The smallest absolute Gasteiger partial charge is 0.273 e. The van der Waals surface area contributed by atoms with Gasteiger partial charge >= 0.3 is 0 Å². The highest BCUT2D eigenvalue weighted by Crippen LogP contribution is 2.25. The lowest BCUT2D eigenvalue weighted by atomic mass is 10.1. The van der Waals surface area contributed by atoms with Crippen molar-refractivity contribution in [2.45, 2.75) is 11.3 Å². The number of hydrogen-bond donors (Lipinski definition) is 0. The van der Waals surface area contributed by atoms with Gasteiger partial charge in [-0.05, 0) is 18.4 Å². The molecule has 0 fully saturated rings. The van der Waals surface area contributed by atoms with Crippen molar-refractivity contribution in [3.8, 4) is 0 Å². The van der Waals surface area contributed by atoms with Crippen LogP contribution in [0.1, 0.15) is 5.56 Å². The number of rotatable bonds is 5. The number of carbonyl (C=O) groups is 1. The number of nitro benzene ring substituents is 1. The standard InChI is InChI=1S/C10H10ClNO3S/c1-16-9-2-3-10(12(14)15)7(5-9)4-8(13)6-11/h2-3,5H,4,6H2,1H3. The lowest BCUT2D eigenvalue weighted by Gasteiger charge is -2.03. The molecule has 0 radical (unpaired) electrons. The van der Waals surface area contributed by atoms with Gasteiger partial charge in [0.15, 0.2) is 5.78 Å². The molecule has 0 N–H and O–H groups in total. The lowest BCUT2D eigenvalue weighted by Crippen LogP contribution is -2.06. The zero-order valence-electron chi connectivity index (χ0n) is 8.60. The Morgan fingerprint density at radius 2 is 2.25 bits per heavy atom. The quantitative estimate of drug-likeness (QED) is 0.353. The van der Waals surface area contributed by atoms with Gasteiger partial charge in [-0.1, -0.05) is 0 Å². The number of benzene rings is 1. The molecule has 1 aromatic carbocycles. The summed E-state index contributed by atoms with van der Waals surface area (Å²) < 4.78 is 0. The van der Waals surface area contributed by atoms with Gasteiger partial charge in [0, 0.05) is 22.9 Å². The van der Waals surface area contributed by atoms with Crippen molar-refractivity contribution in [1.29, 1.82) is 0 Å². The molecule has 0 aliphatic rings. The second-order valence-electron chi connectivity index (χ2n) is 3.10. The summed E-state index contributed by atoms with van der Waals surface area (Å²) in [5.41, 5.74) is 0.388. The van der Waals surface area contributed by atoms with Gasteiger partial charge in [0.05, 0.1) is 10.8 Å². The van der Waals surface area contributed by atoms with E-state index in [4.69, 9.17) is 11.6 Å². The average molecular weight is 260 g/mol. The maximum absolute atomic E-state index is 11.2. The fraction of sp³-hybridized carbons (Fsp3) is 0.300. The number of nitrogens with zero attached hydrogens (tertiary/aromatic N) is 1. The molecule has 1 aromatic rings. The van der Waals surface area contributed by atoms with Gasteiger partial charge in [-0.3, -0.25) is 14.9 Å². The van der Waals surface area contributed by atoms with Gasteiger partial charge in [0.2, 0.25) is 0 Å². The molecule has 0 atom stereocenters. The van der Waals surface area contributed by atoms with E-state index in [1.54, 1.807) is 12.1 Å². The average Bonchev–Trinajstić information content (AvgIpc) is 2.28. The van der Waals surface area contributed by atoms with Gasteiger partial charge < -0.3 is 0 Å².